The Morgan fingerprint density at radius 2 is 1.95 bits per heavy atom. The smallest absolute Gasteiger partial charge is 0.117 e. The summed E-state index contributed by atoms with van der Waals surface area (Å²) in [4.78, 5) is 9.31. The fourth-order valence-electron chi connectivity index (χ4n) is 2.07. The third kappa shape index (κ3) is 2.82. The molecule has 96 valence electrons. The van der Waals surface area contributed by atoms with Gasteiger partial charge in [0.2, 0.25) is 0 Å². The maximum atomic E-state index is 4.63. The van der Waals surface area contributed by atoms with E-state index in [9.17, 15) is 0 Å². The van der Waals surface area contributed by atoms with Crippen molar-refractivity contribution in [3.63, 3.8) is 0 Å². The lowest BCUT2D eigenvalue weighted by Gasteiger charge is -1.97. The number of aromatic amines is 1. The van der Waals surface area contributed by atoms with Gasteiger partial charge in [0.25, 0.3) is 0 Å². The molecule has 0 amide bonds. The van der Waals surface area contributed by atoms with Crippen LogP contribution in [0.2, 0.25) is 0 Å². The first-order valence-corrected chi connectivity index (χ1v) is 7.49. The molecule has 0 saturated carbocycles. The number of hydrogen-bond donors (Lipinski definition) is 1. The van der Waals surface area contributed by atoms with Gasteiger partial charge in [0.05, 0.1) is 16.8 Å². The molecular formula is C16H16N2S. The molecule has 3 rings (SSSR count). The molecule has 0 radical (unpaired) electrons. The van der Waals surface area contributed by atoms with Gasteiger partial charge in [0.15, 0.2) is 0 Å². The second kappa shape index (κ2) is 5.49. The highest BCUT2D eigenvalue weighted by Gasteiger charge is 2.04. The van der Waals surface area contributed by atoms with Gasteiger partial charge in [-0.25, -0.2) is 4.98 Å². The van der Waals surface area contributed by atoms with Crippen LogP contribution in [0.25, 0.3) is 11.0 Å². The number of H-pyrrole nitrogens is 1. The van der Waals surface area contributed by atoms with E-state index in [4.69, 9.17) is 0 Å². The summed E-state index contributed by atoms with van der Waals surface area (Å²) in [6.45, 7) is 2.17. The minimum absolute atomic E-state index is 0.875. The SMILES string of the molecule is CCc1ccc2nc(CSc3ccccc3)[nH]c2c1. The van der Waals surface area contributed by atoms with E-state index < -0.39 is 0 Å². The van der Waals surface area contributed by atoms with Crippen LogP contribution in [0.15, 0.2) is 53.4 Å². The molecule has 2 nitrogen and oxygen atoms in total. The highest BCUT2D eigenvalue weighted by molar-refractivity contribution is 7.98. The number of thioether (sulfide) groups is 1. The lowest BCUT2D eigenvalue weighted by Crippen LogP contribution is -1.82. The Labute approximate surface area is 117 Å². The van der Waals surface area contributed by atoms with Crippen LogP contribution in [-0.2, 0) is 12.2 Å². The summed E-state index contributed by atoms with van der Waals surface area (Å²) >= 11 is 1.80. The van der Waals surface area contributed by atoms with Crippen molar-refractivity contribution in [1.29, 1.82) is 0 Å². The Balaban J connectivity index is 1.78. The predicted molar refractivity (Wildman–Crippen MR) is 81.5 cm³/mol. The van der Waals surface area contributed by atoms with Gasteiger partial charge >= 0.3 is 0 Å². The summed E-state index contributed by atoms with van der Waals surface area (Å²) in [6.07, 6.45) is 1.06. The minimum Gasteiger partial charge on any atom is -0.341 e. The van der Waals surface area contributed by atoms with Crippen molar-refractivity contribution in [1.82, 2.24) is 9.97 Å². The fraction of sp³-hybridized carbons (Fsp3) is 0.188. The van der Waals surface area contributed by atoms with Crippen LogP contribution in [0.4, 0.5) is 0 Å². The van der Waals surface area contributed by atoms with Crippen molar-refractivity contribution in [2.45, 2.75) is 24.0 Å². The van der Waals surface area contributed by atoms with Crippen LogP contribution < -0.4 is 0 Å². The number of aromatic nitrogens is 2. The minimum atomic E-state index is 0.875. The molecule has 1 N–H and O–H groups in total. The average Bonchev–Trinajstić information content (AvgIpc) is 2.88. The highest BCUT2D eigenvalue weighted by atomic mass is 32.2. The number of nitrogens with one attached hydrogen (secondary N) is 1. The number of aryl methyl sites for hydroxylation is 1. The first-order valence-electron chi connectivity index (χ1n) is 6.50. The molecule has 3 aromatic rings. The van der Waals surface area contributed by atoms with Gasteiger partial charge in [-0.3, -0.25) is 0 Å². The Kier molecular flexibility index (Phi) is 3.56. The maximum Gasteiger partial charge on any atom is 0.117 e. The lowest BCUT2D eigenvalue weighted by atomic mass is 10.1. The number of benzene rings is 2. The second-order valence-electron chi connectivity index (χ2n) is 4.49. The van der Waals surface area contributed by atoms with Gasteiger partial charge in [0, 0.05) is 4.90 Å². The van der Waals surface area contributed by atoms with Crippen LogP contribution in [0.3, 0.4) is 0 Å². The number of nitrogens with zero attached hydrogens (tertiary/aromatic N) is 1. The number of imidazole rings is 1. The summed E-state index contributed by atoms with van der Waals surface area (Å²) in [5, 5.41) is 0. The van der Waals surface area contributed by atoms with Crippen LogP contribution in [0, 0.1) is 0 Å². The quantitative estimate of drug-likeness (QED) is 0.710. The van der Waals surface area contributed by atoms with Crippen LogP contribution in [-0.4, -0.2) is 9.97 Å². The third-order valence-corrected chi connectivity index (χ3v) is 4.15. The van der Waals surface area contributed by atoms with Crippen LogP contribution in [0.5, 0.6) is 0 Å². The van der Waals surface area contributed by atoms with Crippen molar-refractivity contribution < 1.29 is 0 Å². The van der Waals surface area contributed by atoms with Crippen molar-refractivity contribution in [3.8, 4) is 0 Å². The molecule has 2 aromatic carbocycles. The predicted octanol–water partition coefficient (Wildman–Crippen LogP) is 4.42. The van der Waals surface area contributed by atoms with E-state index in [1.807, 2.05) is 6.07 Å². The second-order valence-corrected chi connectivity index (χ2v) is 5.54. The van der Waals surface area contributed by atoms with E-state index >= 15 is 0 Å². The first kappa shape index (κ1) is 12.3. The Morgan fingerprint density at radius 3 is 2.74 bits per heavy atom. The topological polar surface area (TPSA) is 28.7 Å². The van der Waals surface area contributed by atoms with E-state index in [1.54, 1.807) is 11.8 Å². The molecule has 0 aliphatic heterocycles. The zero-order chi connectivity index (χ0) is 13.1. The summed E-state index contributed by atoms with van der Waals surface area (Å²) in [5.41, 5.74) is 3.54. The molecule has 0 aliphatic rings. The molecule has 1 heterocycles. The first-order chi connectivity index (χ1) is 9.35. The summed E-state index contributed by atoms with van der Waals surface area (Å²) < 4.78 is 0. The molecule has 1 aromatic heterocycles. The summed E-state index contributed by atoms with van der Waals surface area (Å²) in [6, 6.07) is 16.9. The van der Waals surface area contributed by atoms with Crippen LogP contribution >= 0.6 is 11.8 Å². The van der Waals surface area contributed by atoms with Crippen molar-refractivity contribution in [3.05, 3.63) is 59.9 Å². The molecule has 0 atom stereocenters. The van der Waals surface area contributed by atoms with Gasteiger partial charge in [-0.2, -0.15) is 0 Å². The van der Waals surface area contributed by atoms with Crippen molar-refractivity contribution >= 4 is 22.8 Å². The number of fused-ring (bicyclic) bond motifs is 1. The number of hydrogen-bond acceptors (Lipinski definition) is 2. The summed E-state index contributed by atoms with van der Waals surface area (Å²) in [7, 11) is 0. The molecule has 0 bridgehead atoms. The standard InChI is InChI=1S/C16H16N2S/c1-2-12-8-9-14-15(10-12)18-16(17-14)11-19-13-6-4-3-5-7-13/h3-10H,2,11H2,1H3,(H,17,18). The molecule has 3 heteroatoms. The third-order valence-electron chi connectivity index (χ3n) is 3.12. The van der Waals surface area contributed by atoms with E-state index in [2.05, 4.69) is 59.4 Å². The Hall–Kier alpha value is -1.74. The van der Waals surface area contributed by atoms with Gasteiger partial charge in [0.1, 0.15) is 5.82 Å². The molecular weight excluding hydrogens is 252 g/mol. The average molecular weight is 268 g/mol. The van der Waals surface area contributed by atoms with Gasteiger partial charge in [-0.05, 0) is 36.2 Å². The normalized spacial score (nSPS) is 11.0. The van der Waals surface area contributed by atoms with Gasteiger partial charge in [-0.15, -0.1) is 11.8 Å². The molecule has 0 spiro atoms. The molecule has 19 heavy (non-hydrogen) atoms. The van der Waals surface area contributed by atoms with E-state index in [0.29, 0.717) is 0 Å². The molecule has 0 aliphatic carbocycles. The van der Waals surface area contributed by atoms with Crippen LogP contribution in [0.1, 0.15) is 18.3 Å². The highest BCUT2D eigenvalue weighted by Crippen LogP contribution is 2.22. The van der Waals surface area contributed by atoms with Gasteiger partial charge < -0.3 is 4.98 Å². The Morgan fingerprint density at radius 1 is 1.11 bits per heavy atom. The maximum absolute atomic E-state index is 4.63. The van der Waals surface area contributed by atoms with Crippen molar-refractivity contribution in [2.75, 3.05) is 0 Å². The lowest BCUT2D eigenvalue weighted by molar-refractivity contribution is 1.13. The zero-order valence-corrected chi connectivity index (χ0v) is 11.7. The largest absolute Gasteiger partial charge is 0.341 e. The number of rotatable bonds is 4. The van der Waals surface area contributed by atoms with E-state index in [0.717, 1.165) is 29.0 Å². The fourth-order valence-corrected chi connectivity index (χ4v) is 2.86. The molecule has 0 fully saturated rings. The summed E-state index contributed by atoms with van der Waals surface area (Å²) in [5.74, 6) is 1.91. The molecule has 0 saturated heterocycles. The molecule has 0 unspecified atom stereocenters. The zero-order valence-electron chi connectivity index (χ0n) is 10.9. The van der Waals surface area contributed by atoms with E-state index in [-0.39, 0.29) is 0 Å². The van der Waals surface area contributed by atoms with Gasteiger partial charge in [-0.1, -0.05) is 31.2 Å². The monoisotopic (exact) mass is 268 g/mol. The van der Waals surface area contributed by atoms with E-state index in [1.165, 1.54) is 10.5 Å². The Bertz CT molecular complexity index is 674. The van der Waals surface area contributed by atoms with Crippen molar-refractivity contribution in [2.24, 2.45) is 0 Å².